The summed E-state index contributed by atoms with van der Waals surface area (Å²) in [6.45, 7) is 6.14. The maximum absolute atomic E-state index is 12.4. The smallest absolute Gasteiger partial charge is 0.256 e. The molecule has 0 aliphatic carbocycles. The van der Waals surface area contributed by atoms with E-state index in [4.69, 9.17) is 15.2 Å². The van der Waals surface area contributed by atoms with Crippen LogP contribution >= 0.6 is 0 Å². The Morgan fingerprint density at radius 3 is 2.71 bits per heavy atom. The number of rotatable bonds is 8. The van der Waals surface area contributed by atoms with Crippen molar-refractivity contribution in [3.63, 3.8) is 0 Å². The zero-order valence-electron chi connectivity index (χ0n) is 14.2. The van der Waals surface area contributed by atoms with Gasteiger partial charge in [0.1, 0.15) is 0 Å². The van der Waals surface area contributed by atoms with Gasteiger partial charge < -0.3 is 20.5 Å². The molecule has 5 nitrogen and oxygen atoms in total. The summed E-state index contributed by atoms with van der Waals surface area (Å²) in [5.74, 6) is -0.172. The number of carbonyl (C=O) groups excluding carboxylic acids is 1. The van der Waals surface area contributed by atoms with Crippen molar-refractivity contribution in [1.29, 1.82) is 0 Å². The van der Waals surface area contributed by atoms with Crippen molar-refractivity contribution in [2.75, 3.05) is 30.9 Å². The molecule has 0 fully saturated rings. The van der Waals surface area contributed by atoms with Crippen molar-refractivity contribution in [3.8, 4) is 0 Å². The Morgan fingerprint density at radius 1 is 1.12 bits per heavy atom. The molecule has 2 aromatic rings. The second-order valence-electron chi connectivity index (χ2n) is 5.48. The fourth-order valence-electron chi connectivity index (χ4n) is 2.27. The molecule has 0 heterocycles. The fraction of sp³-hybridized carbons (Fsp3) is 0.316. The van der Waals surface area contributed by atoms with Crippen molar-refractivity contribution in [3.05, 3.63) is 59.2 Å². The summed E-state index contributed by atoms with van der Waals surface area (Å²) in [6.07, 6.45) is 0. The molecule has 0 aliphatic rings. The van der Waals surface area contributed by atoms with E-state index in [9.17, 15) is 4.79 Å². The molecule has 3 N–H and O–H groups in total. The Balaban J connectivity index is 1.96. The van der Waals surface area contributed by atoms with Crippen LogP contribution in [0.5, 0.6) is 0 Å². The van der Waals surface area contributed by atoms with Crippen molar-refractivity contribution in [2.45, 2.75) is 20.5 Å². The highest BCUT2D eigenvalue weighted by Crippen LogP contribution is 2.17. The number of anilines is 2. The molecule has 2 rings (SSSR count). The lowest BCUT2D eigenvalue weighted by Crippen LogP contribution is -2.14. The van der Waals surface area contributed by atoms with Gasteiger partial charge >= 0.3 is 0 Å². The Bertz CT molecular complexity index is 686. The third kappa shape index (κ3) is 5.37. The molecule has 2 aromatic carbocycles. The van der Waals surface area contributed by atoms with Crippen LogP contribution in [0.25, 0.3) is 0 Å². The van der Waals surface area contributed by atoms with Gasteiger partial charge in [-0.1, -0.05) is 18.2 Å². The Hall–Kier alpha value is -2.37. The summed E-state index contributed by atoms with van der Waals surface area (Å²) in [6, 6.07) is 12.9. The number of aryl methyl sites for hydroxylation is 1. The second-order valence-corrected chi connectivity index (χ2v) is 5.48. The molecule has 128 valence electrons. The van der Waals surface area contributed by atoms with E-state index in [1.54, 1.807) is 12.1 Å². The Morgan fingerprint density at radius 2 is 1.92 bits per heavy atom. The fourth-order valence-corrected chi connectivity index (χ4v) is 2.27. The molecule has 5 heteroatoms. The summed E-state index contributed by atoms with van der Waals surface area (Å²) >= 11 is 0. The molecule has 0 unspecified atom stereocenters. The highest BCUT2D eigenvalue weighted by Gasteiger charge is 2.10. The molecule has 0 atom stereocenters. The summed E-state index contributed by atoms with van der Waals surface area (Å²) in [4.78, 5) is 12.4. The third-order valence-electron chi connectivity index (χ3n) is 3.54. The van der Waals surface area contributed by atoms with Crippen LogP contribution in [0.2, 0.25) is 0 Å². The van der Waals surface area contributed by atoms with Gasteiger partial charge in [-0.3, -0.25) is 4.79 Å². The predicted molar refractivity (Wildman–Crippen MR) is 96.1 cm³/mol. The third-order valence-corrected chi connectivity index (χ3v) is 3.54. The number of hydrogen-bond acceptors (Lipinski definition) is 4. The number of nitrogens with one attached hydrogen (secondary N) is 1. The maximum Gasteiger partial charge on any atom is 0.256 e. The Labute approximate surface area is 142 Å². The quantitative estimate of drug-likeness (QED) is 0.575. The first-order valence-corrected chi connectivity index (χ1v) is 8.02. The number of amides is 1. The van der Waals surface area contributed by atoms with Gasteiger partial charge in [-0.2, -0.15) is 0 Å². The van der Waals surface area contributed by atoms with E-state index >= 15 is 0 Å². The van der Waals surface area contributed by atoms with Crippen molar-refractivity contribution >= 4 is 17.3 Å². The minimum absolute atomic E-state index is 0.172. The highest BCUT2D eigenvalue weighted by molar-refractivity contribution is 6.05. The first-order valence-electron chi connectivity index (χ1n) is 8.02. The summed E-state index contributed by atoms with van der Waals surface area (Å²) < 4.78 is 10.8. The van der Waals surface area contributed by atoms with Crippen molar-refractivity contribution in [1.82, 2.24) is 0 Å². The van der Waals surface area contributed by atoms with Gasteiger partial charge in [0.2, 0.25) is 0 Å². The van der Waals surface area contributed by atoms with Gasteiger partial charge in [-0.25, -0.2) is 0 Å². The summed E-state index contributed by atoms with van der Waals surface area (Å²) in [5, 5.41) is 2.90. The molecule has 0 bridgehead atoms. The maximum atomic E-state index is 12.4. The van der Waals surface area contributed by atoms with Gasteiger partial charge in [-0.15, -0.1) is 0 Å². The van der Waals surface area contributed by atoms with Gasteiger partial charge in [-0.05, 0) is 49.2 Å². The van der Waals surface area contributed by atoms with Crippen LogP contribution in [0.1, 0.15) is 28.4 Å². The monoisotopic (exact) mass is 328 g/mol. The zero-order chi connectivity index (χ0) is 17.4. The number of hydrogen-bond donors (Lipinski definition) is 2. The Kier molecular flexibility index (Phi) is 6.78. The van der Waals surface area contributed by atoms with Crippen molar-refractivity contribution < 1.29 is 14.3 Å². The average Bonchev–Trinajstić information content (AvgIpc) is 2.57. The van der Waals surface area contributed by atoms with E-state index in [1.807, 2.05) is 44.2 Å². The lowest BCUT2D eigenvalue weighted by Gasteiger charge is -2.10. The van der Waals surface area contributed by atoms with Gasteiger partial charge in [0, 0.05) is 23.5 Å². The van der Waals surface area contributed by atoms with Crippen LogP contribution in [0.15, 0.2) is 42.5 Å². The molecule has 0 saturated heterocycles. The molecule has 0 spiro atoms. The SMILES string of the molecule is CCOCCOCc1cccc(NC(=O)c2cc(N)ccc2C)c1. The van der Waals surface area contributed by atoms with Gasteiger partial charge in [0.05, 0.1) is 19.8 Å². The molecule has 1 amide bonds. The molecule has 0 aliphatic heterocycles. The average molecular weight is 328 g/mol. The van der Waals surface area contributed by atoms with Gasteiger partial charge in [0.25, 0.3) is 5.91 Å². The number of ether oxygens (including phenoxy) is 2. The lowest BCUT2D eigenvalue weighted by molar-refractivity contribution is 0.0453. The van der Waals surface area contributed by atoms with Crippen molar-refractivity contribution in [2.24, 2.45) is 0 Å². The molecule has 0 aromatic heterocycles. The van der Waals surface area contributed by atoms with Crippen LogP contribution in [0.3, 0.4) is 0 Å². The van der Waals surface area contributed by atoms with E-state index in [-0.39, 0.29) is 5.91 Å². The zero-order valence-corrected chi connectivity index (χ0v) is 14.2. The predicted octanol–water partition coefficient (Wildman–Crippen LogP) is 3.38. The molecule has 24 heavy (non-hydrogen) atoms. The second kappa shape index (κ2) is 9.05. The molecule has 0 radical (unpaired) electrons. The highest BCUT2D eigenvalue weighted by atomic mass is 16.5. The lowest BCUT2D eigenvalue weighted by atomic mass is 10.1. The van der Waals surface area contributed by atoms with E-state index in [0.717, 1.165) is 16.8 Å². The number of benzene rings is 2. The van der Waals surface area contributed by atoms with Crippen LogP contribution in [0.4, 0.5) is 11.4 Å². The van der Waals surface area contributed by atoms with Crippen LogP contribution in [0, 0.1) is 6.92 Å². The van der Waals surface area contributed by atoms with E-state index < -0.39 is 0 Å². The van der Waals surface area contributed by atoms with Crippen LogP contribution < -0.4 is 11.1 Å². The molecule has 0 saturated carbocycles. The number of nitrogens with two attached hydrogens (primary N) is 1. The topological polar surface area (TPSA) is 73.6 Å². The minimum atomic E-state index is -0.172. The first-order chi connectivity index (χ1) is 11.6. The number of carbonyl (C=O) groups is 1. The summed E-state index contributed by atoms with van der Waals surface area (Å²) in [7, 11) is 0. The number of nitrogen functional groups attached to an aromatic ring is 1. The molecular formula is C19H24N2O3. The van der Waals surface area contributed by atoms with E-state index in [1.165, 1.54) is 0 Å². The normalized spacial score (nSPS) is 10.6. The summed E-state index contributed by atoms with van der Waals surface area (Å²) in [5.41, 5.74) is 9.52. The standard InChI is InChI=1S/C19H24N2O3/c1-3-23-9-10-24-13-15-5-4-6-17(11-15)21-19(22)18-12-16(20)8-7-14(18)2/h4-8,11-12H,3,9-10,13,20H2,1-2H3,(H,21,22). The molecular weight excluding hydrogens is 304 g/mol. The van der Waals surface area contributed by atoms with Crippen LogP contribution in [-0.2, 0) is 16.1 Å². The van der Waals surface area contributed by atoms with Gasteiger partial charge in [0.15, 0.2) is 0 Å². The van der Waals surface area contributed by atoms with Crippen LogP contribution in [-0.4, -0.2) is 25.7 Å². The first kappa shape index (κ1) is 18.0. The van der Waals surface area contributed by atoms with E-state index in [0.29, 0.717) is 37.7 Å². The largest absolute Gasteiger partial charge is 0.399 e. The minimum Gasteiger partial charge on any atom is -0.399 e. The van der Waals surface area contributed by atoms with E-state index in [2.05, 4.69) is 5.32 Å².